The van der Waals surface area contributed by atoms with E-state index in [0.29, 0.717) is 69.9 Å². The quantitative estimate of drug-likeness (QED) is 0.154. The van der Waals surface area contributed by atoms with Crippen molar-refractivity contribution in [3.63, 3.8) is 0 Å². The van der Waals surface area contributed by atoms with Crippen LogP contribution in [0.1, 0.15) is 18.4 Å². The Morgan fingerprint density at radius 2 is 1.69 bits per heavy atom. The van der Waals surface area contributed by atoms with Gasteiger partial charge in [-0.15, -0.1) is 0 Å². The van der Waals surface area contributed by atoms with Crippen molar-refractivity contribution in [2.24, 2.45) is 0 Å². The molecule has 2 heterocycles. The predicted molar refractivity (Wildman–Crippen MR) is 170 cm³/mol. The summed E-state index contributed by atoms with van der Waals surface area (Å²) in [6.45, 7) is 0.749. The smallest absolute Gasteiger partial charge is 0.262 e. The van der Waals surface area contributed by atoms with Crippen molar-refractivity contribution < 1.29 is 33.3 Å². The Balaban J connectivity index is 1.23. The van der Waals surface area contributed by atoms with Crippen LogP contribution in [0.15, 0.2) is 64.5 Å². The number of nitrogens with one attached hydrogen (secondary N) is 2. The first-order valence-corrected chi connectivity index (χ1v) is 15.3. The van der Waals surface area contributed by atoms with Crippen LogP contribution < -0.4 is 39.9 Å². The summed E-state index contributed by atoms with van der Waals surface area (Å²) in [6, 6.07) is 15.9. The number of carbonyl (C=O) groups is 2. The molecule has 2 N–H and O–H groups in total. The van der Waals surface area contributed by atoms with Crippen LogP contribution in [0.25, 0.3) is 10.9 Å². The maximum absolute atomic E-state index is 13.6. The van der Waals surface area contributed by atoms with Gasteiger partial charge in [0.1, 0.15) is 5.75 Å². The van der Waals surface area contributed by atoms with Crippen LogP contribution >= 0.6 is 11.8 Å². The van der Waals surface area contributed by atoms with Crippen molar-refractivity contribution in [2.75, 3.05) is 45.7 Å². The van der Waals surface area contributed by atoms with E-state index in [0.717, 1.165) is 17.3 Å². The molecule has 1 aliphatic heterocycles. The zero-order valence-corrected chi connectivity index (χ0v) is 26.0. The minimum atomic E-state index is -0.287. The van der Waals surface area contributed by atoms with Gasteiger partial charge >= 0.3 is 0 Å². The number of nitrogens with zero attached hydrogens (tertiary/aromatic N) is 2. The first kappa shape index (κ1) is 31.5. The van der Waals surface area contributed by atoms with Crippen molar-refractivity contribution in [3.05, 3.63) is 70.5 Å². The first-order valence-electron chi connectivity index (χ1n) is 14.3. The van der Waals surface area contributed by atoms with E-state index in [1.165, 1.54) is 4.57 Å². The SMILES string of the molecule is COc1ccc(NC(=O)CSc2nc3cc4c(cc3c(=O)n2CCCC(=O)NCCc2ccc(OC)c(OC)c2)OCO4)cc1. The molecule has 45 heavy (non-hydrogen) atoms. The summed E-state index contributed by atoms with van der Waals surface area (Å²) < 4.78 is 28.2. The largest absolute Gasteiger partial charge is 0.497 e. The van der Waals surface area contributed by atoms with E-state index in [9.17, 15) is 14.4 Å². The maximum Gasteiger partial charge on any atom is 0.262 e. The van der Waals surface area contributed by atoms with Crippen LogP contribution in [0.5, 0.6) is 28.7 Å². The van der Waals surface area contributed by atoms with Gasteiger partial charge in [-0.05, 0) is 60.9 Å². The lowest BCUT2D eigenvalue weighted by Gasteiger charge is -2.14. The van der Waals surface area contributed by atoms with Crippen molar-refractivity contribution in [2.45, 2.75) is 31.0 Å². The van der Waals surface area contributed by atoms with E-state index in [4.69, 9.17) is 28.7 Å². The number of amides is 2. The van der Waals surface area contributed by atoms with Gasteiger partial charge in [0.2, 0.25) is 18.6 Å². The van der Waals surface area contributed by atoms with Crippen molar-refractivity contribution in [1.29, 1.82) is 0 Å². The Kier molecular flexibility index (Phi) is 10.3. The molecular formula is C32H34N4O8S. The molecule has 0 saturated carbocycles. The van der Waals surface area contributed by atoms with Crippen LogP contribution in [0, 0.1) is 0 Å². The Morgan fingerprint density at radius 3 is 2.42 bits per heavy atom. The third-order valence-electron chi connectivity index (χ3n) is 7.09. The van der Waals surface area contributed by atoms with Gasteiger partial charge in [0.15, 0.2) is 28.2 Å². The molecule has 1 aliphatic rings. The van der Waals surface area contributed by atoms with Gasteiger partial charge in [-0.3, -0.25) is 19.0 Å². The van der Waals surface area contributed by atoms with E-state index < -0.39 is 0 Å². The average Bonchev–Trinajstić information content (AvgIpc) is 3.52. The molecule has 0 atom stereocenters. The Hall–Kier alpha value is -4.91. The standard InChI is InChI=1S/C32H34N4O8S/c1-40-22-9-7-21(8-10-22)34-30(38)18-45-32-35-24-17-28-27(43-19-44-28)16-23(24)31(39)36(32)14-4-5-29(37)33-13-12-20-6-11-25(41-2)26(15-20)42-3/h6-11,15-17H,4-5,12-14,18-19H2,1-3H3,(H,33,37)(H,34,38). The molecule has 2 amide bonds. The minimum absolute atomic E-state index is 0.0190. The lowest BCUT2D eigenvalue weighted by molar-refractivity contribution is -0.121. The highest BCUT2D eigenvalue weighted by molar-refractivity contribution is 7.99. The number of aromatic nitrogens is 2. The molecule has 0 saturated heterocycles. The summed E-state index contributed by atoms with van der Waals surface area (Å²) >= 11 is 1.14. The molecule has 3 aromatic carbocycles. The molecule has 0 radical (unpaired) electrons. The molecular weight excluding hydrogens is 600 g/mol. The molecule has 0 fully saturated rings. The lowest BCUT2D eigenvalue weighted by atomic mass is 10.1. The average molecular weight is 635 g/mol. The molecule has 12 nitrogen and oxygen atoms in total. The summed E-state index contributed by atoms with van der Waals surface area (Å²) in [6.07, 6.45) is 1.22. The highest BCUT2D eigenvalue weighted by Crippen LogP contribution is 2.35. The third-order valence-corrected chi connectivity index (χ3v) is 8.07. The topological polar surface area (TPSA) is 139 Å². The zero-order chi connectivity index (χ0) is 31.8. The van der Waals surface area contributed by atoms with Gasteiger partial charge in [0, 0.05) is 31.3 Å². The van der Waals surface area contributed by atoms with Crippen molar-refractivity contribution >= 4 is 40.2 Å². The third kappa shape index (κ3) is 7.79. The fourth-order valence-corrected chi connectivity index (χ4v) is 5.59. The summed E-state index contributed by atoms with van der Waals surface area (Å²) in [5.74, 6) is 2.56. The van der Waals surface area contributed by atoms with Crippen molar-refractivity contribution in [1.82, 2.24) is 14.9 Å². The molecule has 13 heteroatoms. The number of anilines is 1. The number of benzene rings is 3. The molecule has 0 spiro atoms. The number of fused-ring (bicyclic) bond motifs is 2. The molecule has 236 valence electrons. The van der Waals surface area contributed by atoms with Crippen molar-refractivity contribution in [3.8, 4) is 28.7 Å². The number of thioether (sulfide) groups is 1. The minimum Gasteiger partial charge on any atom is -0.497 e. The Labute approximate surface area is 264 Å². The van der Waals surface area contributed by atoms with Crippen LogP contribution in [-0.4, -0.2) is 61.8 Å². The first-order chi connectivity index (χ1) is 21.9. The fraction of sp³-hybridized carbons (Fsp3) is 0.312. The summed E-state index contributed by atoms with van der Waals surface area (Å²) in [5.41, 5.74) is 1.77. The number of rotatable bonds is 14. The van der Waals surface area contributed by atoms with Crippen LogP contribution in [0.4, 0.5) is 5.69 Å². The zero-order valence-electron chi connectivity index (χ0n) is 25.2. The van der Waals surface area contributed by atoms with Gasteiger partial charge < -0.3 is 34.3 Å². The fourth-order valence-electron chi connectivity index (χ4n) is 4.77. The number of methoxy groups -OCH3 is 3. The van der Waals surface area contributed by atoms with Gasteiger partial charge in [0.25, 0.3) is 5.56 Å². The van der Waals surface area contributed by atoms with Gasteiger partial charge in [-0.2, -0.15) is 0 Å². The summed E-state index contributed by atoms with van der Waals surface area (Å²) in [4.78, 5) is 43.7. The van der Waals surface area contributed by atoms with E-state index >= 15 is 0 Å². The van der Waals surface area contributed by atoms with E-state index in [1.54, 1.807) is 57.7 Å². The number of hydrogen-bond donors (Lipinski definition) is 2. The molecule has 5 rings (SSSR count). The van der Waals surface area contributed by atoms with Crippen LogP contribution in [0.2, 0.25) is 0 Å². The molecule has 0 aliphatic carbocycles. The Bertz CT molecular complexity index is 1740. The molecule has 1 aromatic heterocycles. The van der Waals surface area contributed by atoms with E-state index in [-0.39, 0.29) is 42.9 Å². The number of ether oxygens (including phenoxy) is 5. The van der Waals surface area contributed by atoms with Gasteiger partial charge in [0.05, 0.1) is 38.0 Å². The van der Waals surface area contributed by atoms with Gasteiger partial charge in [-0.25, -0.2) is 4.98 Å². The summed E-state index contributed by atoms with van der Waals surface area (Å²) in [5, 5.41) is 6.50. The van der Waals surface area contributed by atoms with Gasteiger partial charge in [-0.1, -0.05) is 17.8 Å². The van der Waals surface area contributed by atoms with E-state index in [2.05, 4.69) is 10.6 Å². The predicted octanol–water partition coefficient (Wildman–Crippen LogP) is 4.02. The second kappa shape index (κ2) is 14.7. The second-order valence-electron chi connectivity index (χ2n) is 10.0. The summed E-state index contributed by atoms with van der Waals surface area (Å²) in [7, 11) is 4.73. The molecule has 4 aromatic rings. The van der Waals surface area contributed by atoms with Crippen LogP contribution in [0.3, 0.4) is 0 Å². The number of hydrogen-bond acceptors (Lipinski definition) is 10. The second-order valence-corrected chi connectivity index (χ2v) is 11.0. The molecule has 0 unspecified atom stereocenters. The van der Waals surface area contributed by atoms with Crippen LogP contribution in [-0.2, 0) is 22.6 Å². The maximum atomic E-state index is 13.6. The van der Waals surface area contributed by atoms with E-state index in [1.807, 2.05) is 18.2 Å². The highest BCUT2D eigenvalue weighted by atomic mass is 32.2. The lowest BCUT2D eigenvalue weighted by Crippen LogP contribution is -2.27. The molecule has 0 bridgehead atoms. The Morgan fingerprint density at radius 1 is 0.933 bits per heavy atom. The monoisotopic (exact) mass is 634 g/mol. The normalized spacial score (nSPS) is 11.7. The number of carbonyl (C=O) groups excluding carboxylic acids is 2. The highest BCUT2D eigenvalue weighted by Gasteiger charge is 2.20.